The monoisotopic (exact) mass is 537 g/mol. The number of fused-ring (bicyclic) bond motifs is 4. The molecule has 4 heterocycles. The van der Waals surface area contributed by atoms with Crippen molar-refractivity contribution in [2.75, 3.05) is 28.6 Å². The first-order valence-electron chi connectivity index (χ1n) is 13.2. The summed E-state index contributed by atoms with van der Waals surface area (Å²) in [4.78, 5) is 45.3. The largest absolute Gasteiger partial charge is 0.369 e. The average Bonchev–Trinajstić information content (AvgIpc) is 2.94. The van der Waals surface area contributed by atoms with Crippen molar-refractivity contribution in [1.82, 2.24) is 9.55 Å². The Morgan fingerprint density at radius 3 is 2.42 bits per heavy atom. The summed E-state index contributed by atoms with van der Waals surface area (Å²) in [5.74, 6) is -0.331. The van der Waals surface area contributed by atoms with Crippen molar-refractivity contribution in [1.29, 1.82) is 0 Å². The van der Waals surface area contributed by atoms with Gasteiger partial charge in [-0.3, -0.25) is 14.4 Å². The molecule has 2 N–H and O–H groups in total. The molecule has 2 bridgehead atoms. The Morgan fingerprint density at radius 1 is 0.875 bits per heavy atom. The van der Waals surface area contributed by atoms with Crippen LogP contribution in [0.15, 0.2) is 83.7 Å². The molecule has 40 heavy (non-hydrogen) atoms. The SMILES string of the molecule is Cc1cccc(NC(=O)c2ccc(N3CC4CC(C3)c3cccc(=O)n3C4)c(NC(=O)c3ccc(F)cc3)c2)n1. The summed E-state index contributed by atoms with van der Waals surface area (Å²) in [6, 6.07) is 21.3. The van der Waals surface area contributed by atoms with Crippen LogP contribution in [0.4, 0.5) is 21.6 Å². The second kappa shape index (κ2) is 10.4. The summed E-state index contributed by atoms with van der Waals surface area (Å²) < 4.78 is 15.3. The van der Waals surface area contributed by atoms with Crippen molar-refractivity contribution in [3.63, 3.8) is 0 Å². The Balaban J connectivity index is 1.33. The summed E-state index contributed by atoms with van der Waals surface area (Å²) in [5, 5.41) is 5.77. The van der Waals surface area contributed by atoms with E-state index < -0.39 is 11.7 Å². The molecule has 1 fully saturated rings. The molecule has 2 aromatic carbocycles. The minimum absolute atomic E-state index is 0.0198. The molecule has 2 atom stereocenters. The van der Waals surface area contributed by atoms with Crippen LogP contribution in [-0.2, 0) is 6.54 Å². The number of anilines is 3. The Morgan fingerprint density at radius 2 is 1.62 bits per heavy atom. The zero-order valence-corrected chi connectivity index (χ0v) is 21.9. The van der Waals surface area contributed by atoms with Gasteiger partial charge in [0.15, 0.2) is 0 Å². The van der Waals surface area contributed by atoms with Crippen molar-refractivity contribution < 1.29 is 14.0 Å². The Labute approximate surface area is 230 Å². The van der Waals surface area contributed by atoms with Crippen LogP contribution in [0, 0.1) is 18.7 Å². The summed E-state index contributed by atoms with van der Waals surface area (Å²) in [6.45, 7) is 3.85. The summed E-state index contributed by atoms with van der Waals surface area (Å²) in [5.41, 5.74) is 3.73. The fourth-order valence-corrected chi connectivity index (χ4v) is 5.74. The van der Waals surface area contributed by atoms with Gasteiger partial charge in [0.1, 0.15) is 11.6 Å². The van der Waals surface area contributed by atoms with Gasteiger partial charge in [-0.05, 0) is 79.9 Å². The first kappa shape index (κ1) is 25.5. The van der Waals surface area contributed by atoms with Crippen LogP contribution in [0.25, 0.3) is 0 Å². The van der Waals surface area contributed by atoms with Gasteiger partial charge in [0, 0.05) is 54.1 Å². The first-order valence-corrected chi connectivity index (χ1v) is 13.2. The maximum atomic E-state index is 13.5. The number of rotatable bonds is 5. The topological polar surface area (TPSA) is 96.3 Å². The number of aryl methyl sites for hydroxylation is 1. The van der Waals surface area contributed by atoms with E-state index in [0.717, 1.165) is 23.5 Å². The predicted octanol–water partition coefficient (Wildman–Crippen LogP) is 4.82. The number of hydrogen-bond acceptors (Lipinski definition) is 5. The molecule has 2 aromatic heterocycles. The van der Waals surface area contributed by atoms with Gasteiger partial charge in [0.2, 0.25) is 0 Å². The van der Waals surface area contributed by atoms with Crippen LogP contribution < -0.4 is 21.1 Å². The number of amides is 2. The molecule has 2 aliphatic rings. The van der Waals surface area contributed by atoms with Crippen molar-refractivity contribution in [2.45, 2.75) is 25.8 Å². The Kier molecular flexibility index (Phi) is 6.63. The fourth-order valence-electron chi connectivity index (χ4n) is 5.74. The molecule has 0 spiro atoms. The molecular weight excluding hydrogens is 509 g/mol. The molecule has 0 aliphatic carbocycles. The number of nitrogens with one attached hydrogen (secondary N) is 2. The second-order valence-electron chi connectivity index (χ2n) is 10.4. The number of aromatic nitrogens is 2. The van der Waals surface area contributed by atoms with Gasteiger partial charge in [-0.15, -0.1) is 0 Å². The van der Waals surface area contributed by atoms with E-state index in [1.165, 1.54) is 24.3 Å². The third-order valence-electron chi connectivity index (χ3n) is 7.56. The molecule has 8 nitrogen and oxygen atoms in total. The number of halogens is 1. The van der Waals surface area contributed by atoms with Crippen molar-refractivity contribution >= 4 is 29.0 Å². The van der Waals surface area contributed by atoms with E-state index in [2.05, 4.69) is 20.5 Å². The van der Waals surface area contributed by atoms with E-state index in [9.17, 15) is 18.8 Å². The zero-order chi connectivity index (χ0) is 27.8. The summed E-state index contributed by atoms with van der Waals surface area (Å²) in [7, 11) is 0. The van der Waals surface area contributed by atoms with Crippen LogP contribution in [0.5, 0.6) is 0 Å². The number of carbonyl (C=O) groups is 2. The van der Waals surface area contributed by atoms with E-state index in [-0.39, 0.29) is 23.3 Å². The van der Waals surface area contributed by atoms with Gasteiger partial charge in [0.25, 0.3) is 17.4 Å². The van der Waals surface area contributed by atoms with E-state index in [0.29, 0.717) is 42.3 Å². The Hall–Kier alpha value is -4.79. The molecule has 0 saturated carbocycles. The fraction of sp³-hybridized carbons (Fsp3) is 0.226. The molecule has 0 radical (unpaired) electrons. The lowest BCUT2D eigenvalue weighted by Gasteiger charge is -2.44. The number of benzene rings is 2. The summed E-state index contributed by atoms with van der Waals surface area (Å²) in [6.07, 6.45) is 0.987. The van der Waals surface area contributed by atoms with Crippen molar-refractivity contribution in [2.24, 2.45) is 5.92 Å². The van der Waals surface area contributed by atoms with Crippen LogP contribution in [-0.4, -0.2) is 34.5 Å². The van der Waals surface area contributed by atoms with E-state index >= 15 is 0 Å². The minimum Gasteiger partial charge on any atom is -0.369 e. The third kappa shape index (κ3) is 5.10. The van der Waals surface area contributed by atoms with Gasteiger partial charge in [-0.1, -0.05) is 12.1 Å². The number of nitrogens with zero attached hydrogens (tertiary/aromatic N) is 3. The van der Waals surface area contributed by atoms with Gasteiger partial charge >= 0.3 is 0 Å². The number of pyridine rings is 2. The third-order valence-corrected chi connectivity index (χ3v) is 7.56. The molecule has 202 valence electrons. The van der Waals surface area contributed by atoms with E-state index in [1.807, 2.05) is 35.8 Å². The summed E-state index contributed by atoms with van der Waals surface area (Å²) >= 11 is 0. The minimum atomic E-state index is -0.431. The average molecular weight is 538 g/mol. The predicted molar refractivity (Wildman–Crippen MR) is 151 cm³/mol. The highest BCUT2D eigenvalue weighted by Gasteiger charge is 2.35. The van der Waals surface area contributed by atoms with Gasteiger partial charge < -0.3 is 20.1 Å². The molecule has 1 saturated heterocycles. The highest BCUT2D eigenvalue weighted by atomic mass is 19.1. The van der Waals surface area contributed by atoms with Crippen molar-refractivity contribution in [3.8, 4) is 0 Å². The lowest BCUT2D eigenvalue weighted by molar-refractivity contribution is 0.101. The van der Waals surface area contributed by atoms with Crippen molar-refractivity contribution in [3.05, 3.63) is 118 Å². The second-order valence-corrected chi connectivity index (χ2v) is 10.4. The number of hydrogen-bond donors (Lipinski definition) is 2. The molecule has 2 aliphatic heterocycles. The van der Waals surface area contributed by atoms with E-state index in [4.69, 9.17) is 0 Å². The Bertz CT molecular complexity index is 1670. The van der Waals surface area contributed by atoms with Crippen LogP contribution in [0.3, 0.4) is 0 Å². The number of carbonyl (C=O) groups excluding carboxylic acids is 2. The quantitative estimate of drug-likeness (QED) is 0.381. The molecule has 2 amide bonds. The van der Waals surface area contributed by atoms with E-state index in [1.54, 1.807) is 30.3 Å². The van der Waals surface area contributed by atoms with Crippen LogP contribution in [0.2, 0.25) is 0 Å². The normalized spacial score (nSPS) is 17.6. The highest BCUT2D eigenvalue weighted by Crippen LogP contribution is 2.39. The van der Waals surface area contributed by atoms with Gasteiger partial charge in [0.05, 0.1) is 11.4 Å². The maximum Gasteiger partial charge on any atom is 0.256 e. The molecule has 6 rings (SSSR count). The molecule has 4 aromatic rings. The smallest absolute Gasteiger partial charge is 0.256 e. The lowest BCUT2D eigenvalue weighted by atomic mass is 9.83. The molecular formula is C31H28FN5O3. The molecule has 2 unspecified atom stereocenters. The standard InChI is InChI=1S/C31H28FN5O3/c1-19-4-2-6-28(33-19)35-31(40)22-10-13-27(25(15-22)34-30(39)21-8-11-24(32)12-9-21)36-16-20-14-23(18-36)26-5-3-7-29(38)37(26)17-20/h2-13,15,20,23H,14,16-18H2,1H3,(H,34,39)(H,33,35,40). The van der Waals surface area contributed by atoms with Crippen LogP contribution >= 0.6 is 0 Å². The van der Waals surface area contributed by atoms with Gasteiger partial charge in [-0.25, -0.2) is 9.37 Å². The first-order chi connectivity index (χ1) is 19.3. The zero-order valence-electron chi connectivity index (χ0n) is 21.9. The van der Waals surface area contributed by atoms with Gasteiger partial charge in [-0.2, -0.15) is 0 Å². The maximum absolute atomic E-state index is 13.5. The number of piperidine rings is 1. The van der Waals surface area contributed by atoms with Crippen LogP contribution in [0.1, 0.15) is 44.4 Å². The lowest BCUT2D eigenvalue weighted by Crippen LogP contribution is -2.47. The molecule has 9 heteroatoms. The highest BCUT2D eigenvalue weighted by molar-refractivity contribution is 6.09.